The Balaban J connectivity index is 2.31. The van der Waals surface area contributed by atoms with Gasteiger partial charge in [0.05, 0.1) is 6.54 Å². The Bertz CT molecular complexity index is 237. The lowest BCUT2D eigenvalue weighted by atomic mass is 10.3. The Morgan fingerprint density at radius 2 is 1.81 bits per heavy atom. The fourth-order valence-corrected chi connectivity index (χ4v) is 1.95. The predicted octanol–water partition coefficient (Wildman–Crippen LogP) is 1.06. The zero-order chi connectivity index (χ0) is 12.2. The second kappa shape index (κ2) is 5.67. The van der Waals surface area contributed by atoms with Crippen LogP contribution in [0, 0.1) is 0 Å². The van der Waals surface area contributed by atoms with Crippen LogP contribution in [-0.2, 0) is 0 Å². The van der Waals surface area contributed by atoms with Crippen molar-refractivity contribution < 1.29 is 13.2 Å². The third-order valence-corrected chi connectivity index (χ3v) is 2.79. The summed E-state index contributed by atoms with van der Waals surface area (Å²) in [6.45, 7) is 3.78. The van der Waals surface area contributed by atoms with Crippen molar-refractivity contribution in [1.29, 1.82) is 0 Å². The largest absolute Gasteiger partial charge is 0.401 e. The number of nitrogens with one attached hydrogen (secondary N) is 1. The van der Waals surface area contributed by atoms with Gasteiger partial charge in [-0.2, -0.15) is 13.2 Å². The quantitative estimate of drug-likeness (QED) is 0.743. The first kappa shape index (κ1) is 13.5. The summed E-state index contributed by atoms with van der Waals surface area (Å²) in [6, 6.07) is 0. The standard InChI is InChI=1S/C9H16F3N3S/c1-2-13-8(16)15-5-3-14(4-6-15)7-9(10,11)12/h2-7H2,1H3,(H,13,16). The maximum Gasteiger partial charge on any atom is 0.401 e. The Kier molecular flexibility index (Phi) is 4.79. The summed E-state index contributed by atoms with van der Waals surface area (Å²) in [7, 11) is 0. The molecule has 0 amide bonds. The second-order valence-electron chi connectivity index (χ2n) is 3.71. The molecule has 1 heterocycles. The normalized spacial score (nSPS) is 18.6. The molecule has 0 bridgehead atoms. The molecule has 94 valence electrons. The zero-order valence-electron chi connectivity index (χ0n) is 9.18. The average Bonchev–Trinajstić information content (AvgIpc) is 2.16. The van der Waals surface area contributed by atoms with Gasteiger partial charge in [0.2, 0.25) is 0 Å². The molecular weight excluding hydrogens is 239 g/mol. The molecule has 1 rings (SSSR count). The SMILES string of the molecule is CCNC(=S)N1CCN(CC(F)(F)F)CC1. The lowest BCUT2D eigenvalue weighted by Crippen LogP contribution is -2.53. The number of alkyl halides is 3. The van der Waals surface area contributed by atoms with E-state index in [1.54, 1.807) is 0 Å². The average molecular weight is 255 g/mol. The van der Waals surface area contributed by atoms with Gasteiger partial charge in [0.15, 0.2) is 5.11 Å². The van der Waals surface area contributed by atoms with Gasteiger partial charge in [-0.25, -0.2) is 0 Å². The lowest BCUT2D eigenvalue weighted by molar-refractivity contribution is -0.148. The highest BCUT2D eigenvalue weighted by Gasteiger charge is 2.32. The van der Waals surface area contributed by atoms with E-state index < -0.39 is 12.7 Å². The Morgan fingerprint density at radius 1 is 1.25 bits per heavy atom. The number of halogens is 3. The number of rotatable bonds is 2. The first-order valence-corrected chi connectivity index (χ1v) is 5.65. The van der Waals surface area contributed by atoms with Gasteiger partial charge in [-0.05, 0) is 19.1 Å². The highest BCUT2D eigenvalue weighted by molar-refractivity contribution is 7.80. The van der Waals surface area contributed by atoms with Crippen molar-refractivity contribution in [2.75, 3.05) is 39.3 Å². The molecule has 7 heteroatoms. The topological polar surface area (TPSA) is 18.5 Å². The summed E-state index contributed by atoms with van der Waals surface area (Å²) in [6.07, 6.45) is -4.11. The van der Waals surface area contributed by atoms with E-state index in [-0.39, 0.29) is 0 Å². The molecule has 1 fully saturated rings. The fourth-order valence-electron chi connectivity index (χ4n) is 1.63. The molecule has 16 heavy (non-hydrogen) atoms. The molecule has 0 aromatic heterocycles. The number of piperazine rings is 1. The minimum atomic E-state index is -4.11. The molecule has 0 radical (unpaired) electrons. The van der Waals surface area contributed by atoms with Crippen molar-refractivity contribution in [1.82, 2.24) is 15.1 Å². The van der Waals surface area contributed by atoms with Gasteiger partial charge >= 0.3 is 6.18 Å². The van der Waals surface area contributed by atoms with E-state index in [4.69, 9.17) is 12.2 Å². The van der Waals surface area contributed by atoms with Crippen LogP contribution in [0.5, 0.6) is 0 Å². The van der Waals surface area contributed by atoms with Gasteiger partial charge in [-0.15, -0.1) is 0 Å². The van der Waals surface area contributed by atoms with E-state index in [2.05, 4.69) is 5.32 Å². The smallest absolute Gasteiger partial charge is 0.363 e. The third kappa shape index (κ3) is 4.52. The van der Waals surface area contributed by atoms with Crippen LogP contribution in [-0.4, -0.2) is 60.4 Å². The van der Waals surface area contributed by atoms with Crippen molar-refractivity contribution in [3.05, 3.63) is 0 Å². The number of hydrogen-bond acceptors (Lipinski definition) is 2. The number of hydrogen-bond donors (Lipinski definition) is 1. The highest BCUT2D eigenvalue weighted by Crippen LogP contribution is 2.17. The predicted molar refractivity (Wildman–Crippen MR) is 60.3 cm³/mol. The third-order valence-electron chi connectivity index (χ3n) is 2.39. The van der Waals surface area contributed by atoms with Crippen molar-refractivity contribution >= 4 is 17.3 Å². The Hall–Kier alpha value is -0.560. The fraction of sp³-hybridized carbons (Fsp3) is 0.889. The van der Waals surface area contributed by atoms with Crippen molar-refractivity contribution in [3.8, 4) is 0 Å². The zero-order valence-corrected chi connectivity index (χ0v) is 10.00. The summed E-state index contributed by atoms with van der Waals surface area (Å²) >= 11 is 5.10. The molecule has 1 aliphatic rings. The molecule has 1 saturated heterocycles. The van der Waals surface area contributed by atoms with Crippen molar-refractivity contribution in [2.45, 2.75) is 13.1 Å². The van der Waals surface area contributed by atoms with Crippen LogP contribution in [0.3, 0.4) is 0 Å². The van der Waals surface area contributed by atoms with Gasteiger partial charge in [0.25, 0.3) is 0 Å². The molecule has 0 saturated carbocycles. The van der Waals surface area contributed by atoms with Gasteiger partial charge in [0, 0.05) is 32.7 Å². The molecule has 1 aliphatic heterocycles. The maximum absolute atomic E-state index is 12.1. The molecule has 0 unspecified atom stereocenters. The molecule has 0 aromatic carbocycles. The van der Waals surface area contributed by atoms with Crippen LogP contribution in [0.25, 0.3) is 0 Å². The first-order chi connectivity index (χ1) is 7.42. The number of thiocarbonyl (C=S) groups is 1. The molecule has 0 aromatic rings. The van der Waals surface area contributed by atoms with Gasteiger partial charge in [-0.3, -0.25) is 4.90 Å². The van der Waals surface area contributed by atoms with Gasteiger partial charge < -0.3 is 10.2 Å². The highest BCUT2D eigenvalue weighted by atomic mass is 32.1. The maximum atomic E-state index is 12.1. The van der Waals surface area contributed by atoms with E-state index in [1.807, 2.05) is 11.8 Å². The minimum Gasteiger partial charge on any atom is -0.363 e. The van der Waals surface area contributed by atoms with Crippen LogP contribution < -0.4 is 5.32 Å². The van der Waals surface area contributed by atoms with E-state index in [0.29, 0.717) is 31.3 Å². The van der Waals surface area contributed by atoms with Crippen LogP contribution in [0.2, 0.25) is 0 Å². The summed E-state index contributed by atoms with van der Waals surface area (Å²) < 4.78 is 36.4. The van der Waals surface area contributed by atoms with Crippen molar-refractivity contribution in [2.24, 2.45) is 0 Å². The second-order valence-corrected chi connectivity index (χ2v) is 4.10. The summed E-state index contributed by atoms with van der Waals surface area (Å²) in [5.74, 6) is 0. The van der Waals surface area contributed by atoms with Crippen LogP contribution in [0.4, 0.5) is 13.2 Å². The monoisotopic (exact) mass is 255 g/mol. The summed E-state index contributed by atoms with van der Waals surface area (Å²) in [4.78, 5) is 3.32. The van der Waals surface area contributed by atoms with Gasteiger partial charge in [-0.1, -0.05) is 0 Å². The van der Waals surface area contributed by atoms with Crippen LogP contribution >= 0.6 is 12.2 Å². The molecule has 0 spiro atoms. The molecule has 1 N–H and O–H groups in total. The lowest BCUT2D eigenvalue weighted by Gasteiger charge is -2.36. The molecule has 0 aliphatic carbocycles. The first-order valence-electron chi connectivity index (χ1n) is 5.24. The summed E-state index contributed by atoms with van der Waals surface area (Å²) in [5, 5.41) is 3.63. The van der Waals surface area contributed by atoms with E-state index in [9.17, 15) is 13.2 Å². The van der Waals surface area contributed by atoms with E-state index in [1.165, 1.54) is 4.90 Å². The Morgan fingerprint density at radius 3 is 2.25 bits per heavy atom. The van der Waals surface area contributed by atoms with Crippen molar-refractivity contribution in [3.63, 3.8) is 0 Å². The van der Waals surface area contributed by atoms with Crippen LogP contribution in [0.1, 0.15) is 6.92 Å². The molecule has 0 atom stereocenters. The van der Waals surface area contributed by atoms with Gasteiger partial charge in [0.1, 0.15) is 0 Å². The minimum absolute atomic E-state index is 0.408. The van der Waals surface area contributed by atoms with E-state index >= 15 is 0 Å². The molecule has 3 nitrogen and oxygen atoms in total. The van der Waals surface area contributed by atoms with Crippen LogP contribution in [0.15, 0.2) is 0 Å². The van der Waals surface area contributed by atoms with E-state index in [0.717, 1.165) is 6.54 Å². The summed E-state index contributed by atoms with van der Waals surface area (Å²) in [5.41, 5.74) is 0. The number of nitrogens with zero attached hydrogens (tertiary/aromatic N) is 2. The molecular formula is C9H16F3N3S. The Labute approximate surface area is 98.6 Å².